The molecule has 3 nitrogen and oxygen atoms in total. The SMILES string of the molecule is COC(C)(CN)C1CCOCC1.Cl. The van der Waals surface area contributed by atoms with Crippen molar-refractivity contribution in [2.45, 2.75) is 25.4 Å². The molecule has 1 aliphatic rings. The van der Waals surface area contributed by atoms with Gasteiger partial charge in [-0.2, -0.15) is 0 Å². The Bertz CT molecular complexity index is 134. The maximum atomic E-state index is 5.68. The number of rotatable bonds is 3. The van der Waals surface area contributed by atoms with E-state index in [9.17, 15) is 0 Å². The van der Waals surface area contributed by atoms with E-state index in [-0.39, 0.29) is 18.0 Å². The van der Waals surface area contributed by atoms with Crippen LogP contribution in [0.4, 0.5) is 0 Å². The van der Waals surface area contributed by atoms with E-state index in [2.05, 4.69) is 6.92 Å². The standard InChI is InChI=1S/C9H19NO2.ClH/c1-9(7-10,11-2)8-3-5-12-6-4-8;/h8H,3-7,10H2,1-2H3;1H. The molecule has 1 rings (SSSR count). The molecule has 0 aliphatic carbocycles. The summed E-state index contributed by atoms with van der Waals surface area (Å²) in [4.78, 5) is 0. The highest BCUT2D eigenvalue weighted by atomic mass is 35.5. The summed E-state index contributed by atoms with van der Waals surface area (Å²) in [6, 6.07) is 0. The van der Waals surface area contributed by atoms with Gasteiger partial charge in [0.2, 0.25) is 0 Å². The van der Waals surface area contributed by atoms with E-state index in [1.54, 1.807) is 7.11 Å². The summed E-state index contributed by atoms with van der Waals surface area (Å²) in [5.41, 5.74) is 5.53. The van der Waals surface area contributed by atoms with Crippen molar-refractivity contribution in [2.75, 3.05) is 26.9 Å². The molecule has 1 heterocycles. The Labute approximate surface area is 86.4 Å². The lowest BCUT2D eigenvalue weighted by molar-refractivity contribution is -0.0741. The van der Waals surface area contributed by atoms with Crippen LogP contribution in [0.3, 0.4) is 0 Å². The van der Waals surface area contributed by atoms with Crippen LogP contribution in [0.1, 0.15) is 19.8 Å². The van der Waals surface area contributed by atoms with Crippen LogP contribution in [0.25, 0.3) is 0 Å². The lowest BCUT2D eigenvalue weighted by Crippen LogP contribution is -2.46. The smallest absolute Gasteiger partial charge is 0.0802 e. The van der Waals surface area contributed by atoms with Crippen molar-refractivity contribution < 1.29 is 9.47 Å². The first-order chi connectivity index (χ1) is 5.73. The third-order valence-corrected chi connectivity index (χ3v) is 2.96. The molecule has 0 saturated carbocycles. The second kappa shape index (κ2) is 5.81. The van der Waals surface area contributed by atoms with Crippen LogP contribution >= 0.6 is 12.4 Å². The number of nitrogens with two attached hydrogens (primary N) is 1. The van der Waals surface area contributed by atoms with Gasteiger partial charge in [-0.15, -0.1) is 12.4 Å². The van der Waals surface area contributed by atoms with Crippen molar-refractivity contribution in [3.8, 4) is 0 Å². The minimum Gasteiger partial charge on any atom is -0.381 e. The topological polar surface area (TPSA) is 44.5 Å². The van der Waals surface area contributed by atoms with Gasteiger partial charge in [-0.05, 0) is 25.7 Å². The van der Waals surface area contributed by atoms with Crippen molar-refractivity contribution in [1.29, 1.82) is 0 Å². The normalized spacial score (nSPS) is 23.3. The molecule has 0 spiro atoms. The van der Waals surface area contributed by atoms with Gasteiger partial charge in [0.15, 0.2) is 0 Å². The molecule has 0 bridgehead atoms. The molecule has 1 aliphatic heterocycles. The summed E-state index contributed by atoms with van der Waals surface area (Å²) in [6.45, 7) is 4.38. The van der Waals surface area contributed by atoms with E-state index in [1.165, 1.54) is 0 Å². The van der Waals surface area contributed by atoms with Crippen LogP contribution in [0.5, 0.6) is 0 Å². The Kier molecular flexibility index (Phi) is 5.88. The minimum atomic E-state index is -0.149. The quantitative estimate of drug-likeness (QED) is 0.760. The first-order valence-electron chi connectivity index (χ1n) is 4.56. The van der Waals surface area contributed by atoms with Crippen LogP contribution in [0.2, 0.25) is 0 Å². The molecule has 1 atom stereocenters. The van der Waals surface area contributed by atoms with Crippen LogP contribution in [0.15, 0.2) is 0 Å². The monoisotopic (exact) mass is 209 g/mol. The van der Waals surface area contributed by atoms with Gasteiger partial charge in [0.25, 0.3) is 0 Å². The van der Waals surface area contributed by atoms with Gasteiger partial charge < -0.3 is 15.2 Å². The molecular formula is C9H20ClNO2. The molecule has 4 heteroatoms. The van der Waals surface area contributed by atoms with Crippen molar-refractivity contribution >= 4 is 12.4 Å². The average molecular weight is 210 g/mol. The maximum Gasteiger partial charge on any atom is 0.0802 e. The lowest BCUT2D eigenvalue weighted by Gasteiger charge is -2.37. The van der Waals surface area contributed by atoms with Gasteiger partial charge in [-0.3, -0.25) is 0 Å². The highest BCUT2D eigenvalue weighted by Crippen LogP contribution is 2.28. The van der Waals surface area contributed by atoms with E-state index < -0.39 is 0 Å². The fraction of sp³-hybridized carbons (Fsp3) is 1.00. The fourth-order valence-electron chi connectivity index (χ4n) is 1.72. The molecule has 1 fully saturated rings. The van der Waals surface area contributed by atoms with Crippen LogP contribution in [-0.4, -0.2) is 32.5 Å². The van der Waals surface area contributed by atoms with Gasteiger partial charge in [0, 0.05) is 26.9 Å². The third kappa shape index (κ3) is 3.09. The Hall–Kier alpha value is 0.170. The summed E-state index contributed by atoms with van der Waals surface area (Å²) >= 11 is 0. The zero-order valence-electron chi connectivity index (χ0n) is 8.41. The van der Waals surface area contributed by atoms with E-state index in [0.29, 0.717) is 12.5 Å². The van der Waals surface area contributed by atoms with Crippen LogP contribution in [0, 0.1) is 5.92 Å². The Morgan fingerprint density at radius 1 is 1.46 bits per heavy atom. The number of methoxy groups -OCH3 is 1. The van der Waals surface area contributed by atoms with Crippen LogP contribution < -0.4 is 5.73 Å². The molecule has 13 heavy (non-hydrogen) atoms. The predicted octanol–water partition coefficient (Wildman–Crippen LogP) is 1.20. The maximum absolute atomic E-state index is 5.68. The average Bonchev–Trinajstić information content (AvgIpc) is 2.18. The largest absolute Gasteiger partial charge is 0.381 e. The van der Waals surface area contributed by atoms with Crippen molar-refractivity contribution in [3.63, 3.8) is 0 Å². The second-order valence-corrected chi connectivity index (χ2v) is 3.61. The Morgan fingerprint density at radius 2 is 2.00 bits per heavy atom. The molecule has 0 aromatic carbocycles. The predicted molar refractivity (Wildman–Crippen MR) is 55.3 cm³/mol. The van der Waals surface area contributed by atoms with Gasteiger partial charge >= 0.3 is 0 Å². The zero-order chi connectivity index (χ0) is 9.03. The Balaban J connectivity index is 0.00000144. The zero-order valence-corrected chi connectivity index (χ0v) is 9.23. The summed E-state index contributed by atoms with van der Waals surface area (Å²) in [7, 11) is 1.74. The fourth-order valence-corrected chi connectivity index (χ4v) is 1.72. The first-order valence-corrected chi connectivity index (χ1v) is 4.56. The van der Waals surface area contributed by atoms with Gasteiger partial charge in [-0.25, -0.2) is 0 Å². The molecule has 2 N–H and O–H groups in total. The molecule has 0 aromatic rings. The van der Waals surface area contributed by atoms with Crippen LogP contribution in [-0.2, 0) is 9.47 Å². The summed E-state index contributed by atoms with van der Waals surface area (Å²) in [5, 5.41) is 0. The molecule has 1 saturated heterocycles. The van der Waals surface area contributed by atoms with E-state index >= 15 is 0 Å². The number of hydrogen-bond donors (Lipinski definition) is 1. The van der Waals surface area contributed by atoms with E-state index in [1.807, 2.05) is 0 Å². The Morgan fingerprint density at radius 3 is 2.38 bits per heavy atom. The van der Waals surface area contributed by atoms with Gasteiger partial charge in [0.1, 0.15) is 0 Å². The highest BCUT2D eigenvalue weighted by molar-refractivity contribution is 5.85. The second-order valence-electron chi connectivity index (χ2n) is 3.61. The van der Waals surface area contributed by atoms with E-state index in [0.717, 1.165) is 26.1 Å². The lowest BCUT2D eigenvalue weighted by atomic mass is 9.83. The van der Waals surface area contributed by atoms with Crippen molar-refractivity contribution in [3.05, 3.63) is 0 Å². The van der Waals surface area contributed by atoms with E-state index in [4.69, 9.17) is 15.2 Å². The summed E-state index contributed by atoms with van der Waals surface area (Å²) < 4.78 is 10.7. The van der Waals surface area contributed by atoms with Gasteiger partial charge in [-0.1, -0.05) is 0 Å². The van der Waals surface area contributed by atoms with Crippen molar-refractivity contribution in [1.82, 2.24) is 0 Å². The molecular weight excluding hydrogens is 190 g/mol. The number of hydrogen-bond acceptors (Lipinski definition) is 3. The molecule has 80 valence electrons. The highest BCUT2D eigenvalue weighted by Gasteiger charge is 2.33. The van der Waals surface area contributed by atoms with Crippen molar-refractivity contribution in [2.24, 2.45) is 11.7 Å². The molecule has 0 aromatic heterocycles. The first kappa shape index (κ1) is 13.2. The molecule has 0 amide bonds. The summed E-state index contributed by atoms with van der Waals surface area (Å²) in [6.07, 6.45) is 2.14. The number of halogens is 1. The minimum absolute atomic E-state index is 0. The molecule has 1 unspecified atom stereocenters. The van der Waals surface area contributed by atoms with Gasteiger partial charge in [0.05, 0.1) is 5.60 Å². The molecule has 0 radical (unpaired) electrons. The summed E-state index contributed by atoms with van der Waals surface area (Å²) in [5.74, 6) is 0.557. The number of ether oxygens (including phenoxy) is 2. The third-order valence-electron chi connectivity index (χ3n) is 2.96.